The second kappa shape index (κ2) is 5.41. The van der Waals surface area contributed by atoms with E-state index in [1.807, 2.05) is 0 Å². The third kappa shape index (κ3) is 3.21. The van der Waals surface area contributed by atoms with Crippen molar-refractivity contribution in [3.05, 3.63) is 42.5 Å². The van der Waals surface area contributed by atoms with Gasteiger partial charge in [0.25, 0.3) is 0 Å². The molecule has 2 aromatic rings. The Bertz CT molecular complexity index is 651. The van der Waals surface area contributed by atoms with Gasteiger partial charge in [-0.25, -0.2) is 0 Å². The summed E-state index contributed by atoms with van der Waals surface area (Å²) in [5, 5.41) is 10.3. The van der Waals surface area contributed by atoms with E-state index in [-0.39, 0.29) is 15.7 Å². The van der Waals surface area contributed by atoms with Crippen LogP contribution < -0.4 is 5.32 Å². The summed E-state index contributed by atoms with van der Waals surface area (Å²) in [6, 6.07) is 4.75. The van der Waals surface area contributed by atoms with Crippen molar-refractivity contribution in [2.24, 2.45) is 0 Å². The third-order valence-electron chi connectivity index (χ3n) is 2.28. The lowest BCUT2D eigenvalue weighted by Gasteiger charge is -2.06. The lowest BCUT2D eigenvalue weighted by molar-refractivity contribution is -0.137. The van der Waals surface area contributed by atoms with Crippen LogP contribution in [0.3, 0.4) is 0 Å². The highest BCUT2D eigenvalue weighted by Gasteiger charge is 2.30. The fourth-order valence-electron chi connectivity index (χ4n) is 1.38. The summed E-state index contributed by atoms with van der Waals surface area (Å²) in [7, 11) is 0. The molecule has 1 aromatic carbocycles. The number of aromatic nitrogens is 2. The molecular weight excluding hydrogens is 291 g/mol. The molecule has 1 N–H and O–H groups in total. The molecular formula is C12H8F3N3OS. The number of nitrogens with zero attached hydrogens (tertiary/aromatic N) is 2. The average molecular weight is 299 g/mol. The van der Waals surface area contributed by atoms with Crippen LogP contribution in [-0.4, -0.2) is 16.1 Å². The molecule has 20 heavy (non-hydrogen) atoms. The van der Waals surface area contributed by atoms with Crippen LogP contribution in [0.2, 0.25) is 0 Å². The topological polar surface area (TPSA) is 54.9 Å². The fourth-order valence-corrected chi connectivity index (χ4v) is 2.12. The molecule has 0 bridgehead atoms. The Balaban J connectivity index is 2.28. The number of alkyl halides is 3. The molecule has 0 fully saturated rings. The minimum Gasteiger partial charge on any atom is -0.297 e. The van der Waals surface area contributed by atoms with Gasteiger partial charge in [0.1, 0.15) is 5.01 Å². The van der Waals surface area contributed by atoms with E-state index in [1.165, 1.54) is 12.1 Å². The second-order valence-electron chi connectivity index (χ2n) is 3.68. The molecule has 0 aliphatic heterocycles. The highest BCUT2D eigenvalue weighted by atomic mass is 32.1. The number of hydrogen-bond acceptors (Lipinski definition) is 4. The summed E-state index contributed by atoms with van der Waals surface area (Å²) in [6.45, 7) is 3.28. The number of hydrogen-bond donors (Lipinski definition) is 1. The summed E-state index contributed by atoms with van der Waals surface area (Å²) < 4.78 is 37.8. The Morgan fingerprint density at radius 1 is 1.35 bits per heavy atom. The molecule has 4 nitrogen and oxygen atoms in total. The molecule has 0 atom stereocenters. The number of nitrogens with one attached hydrogen (secondary N) is 1. The Labute approximate surface area is 116 Å². The standard InChI is InChI=1S/C12H8F3N3OS/c1-2-9(19)16-11-18-17-10(20-11)7-4-3-5-8(6-7)12(13,14)15/h2-6H,1H2,(H,16,18,19). The number of carbonyl (C=O) groups excluding carboxylic acids is 1. The quantitative estimate of drug-likeness (QED) is 0.884. The predicted molar refractivity (Wildman–Crippen MR) is 69.2 cm³/mol. The summed E-state index contributed by atoms with van der Waals surface area (Å²) in [6.07, 6.45) is -3.36. The van der Waals surface area contributed by atoms with Crippen molar-refractivity contribution in [3.8, 4) is 10.6 Å². The van der Waals surface area contributed by atoms with Gasteiger partial charge in [-0.15, -0.1) is 10.2 Å². The summed E-state index contributed by atoms with van der Waals surface area (Å²) in [5.74, 6) is -0.461. The smallest absolute Gasteiger partial charge is 0.297 e. The van der Waals surface area contributed by atoms with Crippen LogP contribution in [0.25, 0.3) is 10.6 Å². The van der Waals surface area contributed by atoms with Crippen LogP contribution in [0.4, 0.5) is 18.3 Å². The Morgan fingerprint density at radius 2 is 2.10 bits per heavy atom. The molecule has 2 rings (SSSR count). The maximum Gasteiger partial charge on any atom is 0.416 e. The van der Waals surface area contributed by atoms with Crippen LogP contribution >= 0.6 is 11.3 Å². The highest BCUT2D eigenvalue weighted by molar-refractivity contribution is 7.18. The fraction of sp³-hybridized carbons (Fsp3) is 0.0833. The van der Waals surface area contributed by atoms with Crippen molar-refractivity contribution in [2.45, 2.75) is 6.18 Å². The normalized spacial score (nSPS) is 11.2. The minimum absolute atomic E-state index is 0.197. The van der Waals surface area contributed by atoms with Crippen LogP contribution in [0.1, 0.15) is 5.56 Å². The molecule has 0 aliphatic carbocycles. The van der Waals surface area contributed by atoms with E-state index in [9.17, 15) is 18.0 Å². The lowest BCUT2D eigenvalue weighted by Crippen LogP contribution is -2.06. The molecule has 0 aliphatic rings. The molecule has 1 heterocycles. The van der Waals surface area contributed by atoms with Gasteiger partial charge in [-0.3, -0.25) is 10.1 Å². The summed E-state index contributed by atoms with van der Waals surface area (Å²) in [5.41, 5.74) is -0.474. The monoisotopic (exact) mass is 299 g/mol. The molecule has 0 radical (unpaired) electrons. The van der Waals surface area contributed by atoms with Gasteiger partial charge in [-0.2, -0.15) is 13.2 Å². The molecule has 0 unspecified atom stereocenters. The number of anilines is 1. The zero-order valence-electron chi connectivity index (χ0n) is 9.94. The SMILES string of the molecule is C=CC(=O)Nc1nnc(-c2cccc(C(F)(F)F)c2)s1. The van der Waals surface area contributed by atoms with Gasteiger partial charge in [0, 0.05) is 5.56 Å². The number of carbonyl (C=O) groups is 1. The van der Waals surface area contributed by atoms with Crippen LogP contribution in [0.15, 0.2) is 36.9 Å². The van der Waals surface area contributed by atoms with E-state index >= 15 is 0 Å². The van der Waals surface area contributed by atoms with E-state index in [2.05, 4.69) is 22.1 Å². The van der Waals surface area contributed by atoms with Gasteiger partial charge in [-0.05, 0) is 18.2 Å². The van der Waals surface area contributed by atoms with E-state index < -0.39 is 17.6 Å². The van der Waals surface area contributed by atoms with Crippen LogP contribution in [0.5, 0.6) is 0 Å². The van der Waals surface area contributed by atoms with E-state index in [0.29, 0.717) is 0 Å². The second-order valence-corrected chi connectivity index (χ2v) is 4.66. The Kier molecular flexibility index (Phi) is 3.84. The van der Waals surface area contributed by atoms with E-state index in [4.69, 9.17) is 0 Å². The lowest BCUT2D eigenvalue weighted by atomic mass is 10.1. The number of halogens is 3. The first-order chi connectivity index (χ1) is 9.40. The molecule has 1 aromatic heterocycles. The molecule has 1 amide bonds. The van der Waals surface area contributed by atoms with Crippen LogP contribution in [0, 0.1) is 0 Å². The van der Waals surface area contributed by atoms with Gasteiger partial charge >= 0.3 is 6.18 Å². The first-order valence-corrected chi connectivity index (χ1v) is 6.16. The summed E-state index contributed by atoms with van der Waals surface area (Å²) in [4.78, 5) is 11.1. The molecule has 0 spiro atoms. The zero-order valence-corrected chi connectivity index (χ0v) is 10.8. The van der Waals surface area contributed by atoms with Crippen molar-refractivity contribution in [3.63, 3.8) is 0 Å². The summed E-state index contributed by atoms with van der Waals surface area (Å²) >= 11 is 0.980. The zero-order chi connectivity index (χ0) is 14.8. The highest BCUT2D eigenvalue weighted by Crippen LogP contribution is 2.33. The number of benzene rings is 1. The number of amides is 1. The largest absolute Gasteiger partial charge is 0.416 e. The maximum atomic E-state index is 12.6. The Morgan fingerprint density at radius 3 is 2.75 bits per heavy atom. The predicted octanol–water partition coefficient (Wildman–Crippen LogP) is 3.35. The van der Waals surface area contributed by atoms with Gasteiger partial charge < -0.3 is 0 Å². The van der Waals surface area contributed by atoms with Crippen molar-refractivity contribution in [1.82, 2.24) is 10.2 Å². The van der Waals surface area contributed by atoms with Gasteiger partial charge in [0.2, 0.25) is 11.0 Å². The third-order valence-corrected chi connectivity index (χ3v) is 3.17. The van der Waals surface area contributed by atoms with E-state index in [0.717, 1.165) is 29.5 Å². The van der Waals surface area contributed by atoms with Crippen LogP contribution in [-0.2, 0) is 11.0 Å². The first kappa shape index (κ1) is 14.2. The average Bonchev–Trinajstić information content (AvgIpc) is 2.86. The van der Waals surface area contributed by atoms with Gasteiger partial charge in [-0.1, -0.05) is 30.0 Å². The van der Waals surface area contributed by atoms with Gasteiger partial charge in [0.05, 0.1) is 5.56 Å². The maximum absolute atomic E-state index is 12.6. The van der Waals surface area contributed by atoms with Crippen molar-refractivity contribution < 1.29 is 18.0 Å². The van der Waals surface area contributed by atoms with Crippen molar-refractivity contribution >= 4 is 22.4 Å². The number of rotatable bonds is 3. The first-order valence-electron chi connectivity index (χ1n) is 5.34. The molecule has 104 valence electrons. The van der Waals surface area contributed by atoms with Crippen molar-refractivity contribution in [2.75, 3.05) is 5.32 Å². The van der Waals surface area contributed by atoms with Crippen molar-refractivity contribution in [1.29, 1.82) is 0 Å². The molecule has 8 heteroatoms. The van der Waals surface area contributed by atoms with E-state index in [1.54, 1.807) is 0 Å². The minimum atomic E-state index is -4.42. The molecule has 0 saturated carbocycles. The Hall–Kier alpha value is -2.22. The van der Waals surface area contributed by atoms with Gasteiger partial charge in [0.15, 0.2) is 0 Å². The molecule has 0 saturated heterocycles.